The number of rotatable bonds is 3. The van der Waals surface area contributed by atoms with Gasteiger partial charge in [-0.1, -0.05) is 6.07 Å². The van der Waals surface area contributed by atoms with Gasteiger partial charge in [0.15, 0.2) is 5.11 Å². The average molecular weight is 432 g/mol. The molecule has 0 bridgehead atoms. The number of anilines is 1. The van der Waals surface area contributed by atoms with E-state index in [1.165, 1.54) is 4.88 Å². The van der Waals surface area contributed by atoms with Crippen molar-refractivity contribution in [2.75, 3.05) is 4.90 Å². The van der Waals surface area contributed by atoms with Crippen LogP contribution in [0.5, 0.6) is 5.75 Å². The van der Waals surface area contributed by atoms with Gasteiger partial charge in [-0.3, -0.25) is 4.98 Å². The van der Waals surface area contributed by atoms with Crippen LogP contribution in [0, 0.1) is 0 Å². The molecular formula is C18H14BrN3OS2. The highest BCUT2D eigenvalue weighted by Crippen LogP contribution is 2.44. The van der Waals surface area contributed by atoms with E-state index < -0.39 is 0 Å². The van der Waals surface area contributed by atoms with Crippen LogP contribution in [0.4, 0.5) is 5.69 Å². The van der Waals surface area contributed by atoms with Crippen LogP contribution in [0.15, 0.2) is 64.6 Å². The molecule has 2 atom stereocenters. The number of thiophene rings is 1. The average Bonchev–Trinajstić information content (AvgIpc) is 3.20. The normalized spacial score (nSPS) is 19.9. The summed E-state index contributed by atoms with van der Waals surface area (Å²) < 4.78 is 1.05. The highest BCUT2D eigenvalue weighted by Gasteiger charge is 2.41. The Morgan fingerprint density at radius 2 is 2.00 bits per heavy atom. The van der Waals surface area contributed by atoms with Crippen LogP contribution in [0.3, 0.4) is 0 Å². The molecule has 1 fully saturated rings. The number of benzene rings is 1. The second-order valence-corrected chi connectivity index (χ2v) is 7.93. The van der Waals surface area contributed by atoms with Crippen molar-refractivity contribution in [1.29, 1.82) is 0 Å². The Morgan fingerprint density at radius 1 is 1.20 bits per heavy atom. The van der Waals surface area contributed by atoms with Gasteiger partial charge in [-0.25, -0.2) is 0 Å². The van der Waals surface area contributed by atoms with Gasteiger partial charge < -0.3 is 15.3 Å². The fraction of sp³-hybridized carbons (Fsp3) is 0.111. The molecule has 126 valence electrons. The maximum Gasteiger partial charge on any atom is 0.174 e. The van der Waals surface area contributed by atoms with Crippen LogP contribution >= 0.6 is 39.5 Å². The summed E-state index contributed by atoms with van der Waals surface area (Å²) in [7, 11) is 0. The molecule has 0 aliphatic carbocycles. The van der Waals surface area contributed by atoms with Crippen molar-refractivity contribution in [3.63, 3.8) is 0 Å². The molecule has 0 radical (unpaired) electrons. The number of halogens is 1. The second kappa shape index (κ2) is 6.74. The summed E-state index contributed by atoms with van der Waals surface area (Å²) in [5.74, 6) is 0.235. The molecule has 3 heterocycles. The van der Waals surface area contributed by atoms with Crippen LogP contribution in [-0.4, -0.2) is 15.2 Å². The van der Waals surface area contributed by atoms with Gasteiger partial charge in [0.25, 0.3) is 0 Å². The number of nitrogens with zero attached hydrogens (tertiary/aromatic N) is 2. The Kier molecular flexibility index (Phi) is 4.45. The molecule has 7 heteroatoms. The van der Waals surface area contributed by atoms with Gasteiger partial charge in [0.05, 0.1) is 17.8 Å². The van der Waals surface area contributed by atoms with Gasteiger partial charge in [-0.2, -0.15) is 0 Å². The van der Waals surface area contributed by atoms with E-state index in [9.17, 15) is 5.11 Å². The number of phenolic OH excluding ortho intramolecular Hbond substituents is 1. The van der Waals surface area contributed by atoms with Crippen LogP contribution in [-0.2, 0) is 0 Å². The van der Waals surface area contributed by atoms with E-state index in [1.54, 1.807) is 29.7 Å². The topological polar surface area (TPSA) is 48.4 Å². The summed E-state index contributed by atoms with van der Waals surface area (Å²) in [5.41, 5.74) is 1.88. The molecule has 2 N–H and O–H groups in total. The van der Waals surface area contributed by atoms with Crippen LogP contribution in [0.1, 0.15) is 22.7 Å². The lowest BCUT2D eigenvalue weighted by Gasteiger charge is -2.26. The Labute approximate surface area is 163 Å². The minimum atomic E-state index is -0.0481. The summed E-state index contributed by atoms with van der Waals surface area (Å²) in [5, 5.41) is 15.7. The van der Waals surface area contributed by atoms with Gasteiger partial charge >= 0.3 is 0 Å². The van der Waals surface area contributed by atoms with Gasteiger partial charge in [0, 0.05) is 26.6 Å². The summed E-state index contributed by atoms with van der Waals surface area (Å²) >= 11 is 10.9. The summed E-state index contributed by atoms with van der Waals surface area (Å²) in [6.07, 6.45) is 1.80. The van der Waals surface area contributed by atoms with E-state index >= 15 is 0 Å². The lowest BCUT2D eigenvalue weighted by atomic mass is 10.0. The van der Waals surface area contributed by atoms with Gasteiger partial charge in [0.2, 0.25) is 0 Å². The molecule has 1 saturated heterocycles. The standard InChI is InChI=1S/C18H14BrN3OS2/c19-11-9-15(25-10-11)17-16(14-3-1-2-8-20-14)21-18(24)22(17)12-4-6-13(23)7-5-12/h1-10,16-17,23H,(H,21,24)/t16-,17+/m0/s1. The summed E-state index contributed by atoms with van der Waals surface area (Å²) in [4.78, 5) is 7.80. The number of thiocarbonyl (C=S) groups is 1. The van der Waals surface area contributed by atoms with E-state index in [0.29, 0.717) is 5.11 Å². The van der Waals surface area contributed by atoms with Crippen molar-refractivity contribution in [2.45, 2.75) is 12.1 Å². The molecule has 1 aliphatic heterocycles. The second-order valence-electron chi connectivity index (χ2n) is 5.68. The zero-order valence-corrected chi connectivity index (χ0v) is 16.2. The molecule has 0 spiro atoms. The molecule has 25 heavy (non-hydrogen) atoms. The van der Waals surface area contributed by atoms with E-state index in [4.69, 9.17) is 12.2 Å². The molecule has 1 aliphatic rings. The first kappa shape index (κ1) is 16.5. The van der Waals surface area contributed by atoms with Crippen LogP contribution in [0.25, 0.3) is 0 Å². The van der Waals surface area contributed by atoms with E-state index in [0.717, 1.165) is 15.9 Å². The first-order chi connectivity index (χ1) is 12.1. The van der Waals surface area contributed by atoms with Crippen molar-refractivity contribution >= 4 is 50.3 Å². The molecule has 0 amide bonds. The zero-order chi connectivity index (χ0) is 17.4. The van der Waals surface area contributed by atoms with Gasteiger partial charge in [-0.05, 0) is 70.6 Å². The van der Waals surface area contributed by atoms with Crippen molar-refractivity contribution in [2.24, 2.45) is 0 Å². The first-order valence-electron chi connectivity index (χ1n) is 7.67. The van der Waals surface area contributed by atoms with Crippen molar-refractivity contribution in [3.8, 4) is 5.75 Å². The molecule has 2 aromatic heterocycles. The van der Waals surface area contributed by atoms with E-state index in [1.807, 2.05) is 30.3 Å². The number of aromatic hydroxyl groups is 1. The third-order valence-corrected chi connectivity index (χ3v) is 6.18. The zero-order valence-electron chi connectivity index (χ0n) is 13.0. The lowest BCUT2D eigenvalue weighted by Crippen LogP contribution is -2.28. The number of pyridine rings is 1. The Bertz CT molecular complexity index is 898. The molecular weight excluding hydrogens is 418 g/mol. The lowest BCUT2D eigenvalue weighted by molar-refractivity contribution is 0.475. The highest BCUT2D eigenvalue weighted by molar-refractivity contribution is 9.10. The molecule has 0 saturated carbocycles. The maximum atomic E-state index is 9.60. The SMILES string of the molecule is Oc1ccc(N2C(=S)N[C@@H](c3ccccn3)[C@H]2c2cc(Br)cs2)cc1. The highest BCUT2D eigenvalue weighted by atomic mass is 79.9. The van der Waals surface area contributed by atoms with E-state index in [-0.39, 0.29) is 17.8 Å². The van der Waals surface area contributed by atoms with E-state index in [2.05, 4.69) is 42.6 Å². The van der Waals surface area contributed by atoms with Crippen LogP contribution in [0.2, 0.25) is 0 Å². The first-order valence-corrected chi connectivity index (χ1v) is 9.75. The third-order valence-electron chi connectivity index (χ3n) is 4.11. The predicted octanol–water partition coefficient (Wildman–Crippen LogP) is 4.79. The summed E-state index contributed by atoms with van der Waals surface area (Å²) in [6.45, 7) is 0. The Morgan fingerprint density at radius 3 is 2.64 bits per heavy atom. The Balaban J connectivity index is 1.81. The number of hydrogen-bond acceptors (Lipinski definition) is 4. The number of aromatic nitrogens is 1. The summed E-state index contributed by atoms with van der Waals surface area (Å²) in [6, 6.07) is 15.1. The predicted molar refractivity (Wildman–Crippen MR) is 108 cm³/mol. The molecule has 4 nitrogen and oxygen atoms in total. The molecule has 4 rings (SSSR count). The molecule has 0 unspecified atom stereocenters. The Hall–Kier alpha value is -1.96. The third kappa shape index (κ3) is 3.15. The smallest absolute Gasteiger partial charge is 0.174 e. The monoisotopic (exact) mass is 431 g/mol. The van der Waals surface area contributed by atoms with Crippen LogP contribution < -0.4 is 10.2 Å². The number of hydrogen-bond donors (Lipinski definition) is 2. The number of phenols is 1. The van der Waals surface area contributed by atoms with Gasteiger partial charge in [0.1, 0.15) is 5.75 Å². The van der Waals surface area contributed by atoms with Crippen molar-refractivity contribution in [3.05, 3.63) is 75.2 Å². The fourth-order valence-corrected chi connectivity index (χ4v) is 4.94. The number of nitrogens with one attached hydrogen (secondary N) is 1. The molecule has 3 aromatic rings. The van der Waals surface area contributed by atoms with Crippen molar-refractivity contribution in [1.82, 2.24) is 10.3 Å². The molecule has 1 aromatic carbocycles. The quantitative estimate of drug-likeness (QED) is 0.583. The van der Waals surface area contributed by atoms with Crippen molar-refractivity contribution < 1.29 is 5.11 Å². The maximum absolute atomic E-state index is 9.60. The minimum Gasteiger partial charge on any atom is -0.508 e. The largest absolute Gasteiger partial charge is 0.508 e. The van der Waals surface area contributed by atoms with Gasteiger partial charge in [-0.15, -0.1) is 11.3 Å². The fourth-order valence-electron chi connectivity index (χ4n) is 3.02. The minimum absolute atomic E-state index is 0.0109.